The molecule has 98 valence electrons. The van der Waals surface area contributed by atoms with Crippen molar-refractivity contribution in [2.75, 3.05) is 13.1 Å². The van der Waals surface area contributed by atoms with Crippen molar-refractivity contribution in [3.05, 3.63) is 0 Å². The summed E-state index contributed by atoms with van der Waals surface area (Å²) in [6, 6.07) is -0.829. The van der Waals surface area contributed by atoms with Crippen LogP contribution in [0.3, 0.4) is 0 Å². The van der Waals surface area contributed by atoms with Crippen LogP contribution >= 0.6 is 0 Å². The van der Waals surface area contributed by atoms with E-state index in [1.165, 1.54) is 0 Å². The van der Waals surface area contributed by atoms with Gasteiger partial charge in [-0.3, -0.25) is 4.79 Å². The highest BCUT2D eigenvalue weighted by Crippen LogP contribution is 2.21. The molecule has 1 atom stereocenters. The van der Waals surface area contributed by atoms with Crippen LogP contribution in [0.4, 0.5) is 0 Å². The first-order valence-corrected chi connectivity index (χ1v) is 6.06. The Hall–Kier alpha value is -1.10. The summed E-state index contributed by atoms with van der Waals surface area (Å²) in [6.07, 6.45) is 1.56. The minimum Gasteiger partial charge on any atom is -0.480 e. The van der Waals surface area contributed by atoms with Crippen LogP contribution in [-0.4, -0.2) is 36.1 Å². The molecule has 0 aliphatic carbocycles. The molecule has 0 spiro atoms. The molecule has 1 rings (SSSR count). The third-order valence-corrected chi connectivity index (χ3v) is 3.11. The maximum absolute atomic E-state index is 12.0. The summed E-state index contributed by atoms with van der Waals surface area (Å²) in [6.45, 7) is 7.09. The Balaban J connectivity index is 2.60. The van der Waals surface area contributed by atoms with Crippen molar-refractivity contribution in [2.24, 2.45) is 11.3 Å². The molecule has 3 N–H and O–H groups in total. The van der Waals surface area contributed by atoms with E-state index in [4.69, 9.17) is 5.11 Å². The summed E-state index contributed by atoms with van der Waals surface area (Å²) in [5, 5.41) is 15.0. The van der Waals surface area contributed by atoms with Gasteiger partial charge in [-0.2, -0.15) is 0 Å². The molecule has 1 heterocycles. The molecule has 0 aromatic rings. The van der Waals surface area contributed by atoms with E-state index < -0.39 is 17.4 Å². The third-order valence-electron chi connectivity index (χ3n) is 3.11. The number of piperidine rings is 1. The van der Waals surface area contributed by atoms with Gasteiger partial charge >= 0.3 is 5.97 Å². The zero-order valence-corrected chi connectivity index (χ0v) is 10.7. The molecule has 5 heteroatoms. The van der Waals surface area contributed by atoms with Crippen molar-refractivity contribution >= 4 is 11.9 Å². The minimum atomic E-state index is -0.972. The first-order valence-electron chi connectivity index (χ1n) is 6.06. The second-order valence-electron chi connectivity index (χ2n) is 5.67. The molecular formula is C12H22N2O3. The van der Waals surface area contributed by atoms with Gasteiger partial charge in [-0.25, -0.2) is 4.79 Å². The Bertz CT molecular complexity index is 291. The Morgan fingerprint density at radius 3 is 2.24 bits per heavy atom. The van der Waals surface area contributed by atoms with E-state index in [1.807, 2.05) is 20.8 Å². The number of amides is 1. The maximum Gasteiger partial charge on any atom is 0.326 e. The highest BCUT2D eigenvalue weighted by molar-refractivity contribution is 5.85. The molecule has 1 fully saturated rings. The maximum atomic E-state index is 12.0. The van der Waals surface area contributed by atoms with Crippen LogP contribution in [0, 0.1) is 11.3 Å². The smallest absolute Gasteiger partial charge is 0.326 e. The quantitative estimate of drug-likeness (QED) is 0.677. The van der Waals surface area contributed by atoms with E-state index in [0.717, 1.165) is 25.9 Å². The monoisotopic (exact) mass is 242 g/mol. The lowest BCUT2D eigenvalue weighted by Gasteiger charge is -2.30. The number of rotatable bonds is 3. The average molecular weight is 242 g/mol. The van der Waals surface area contributed by atoms with E-state index in [0.29, 0.717) is 0 Å². The van der Waals surface area contributed by atoms with Crippen LogP contribution < -0.4 is 10.6 Å². The number of carboxylic acids is 1. The number of nitrogens with one attached hydrogen (secondary N) is 2. The SMILES string of the molecule is CC(C)(C)[C@H](NC(=O)C1CCNCC1)C(=O)O. The fourth-order valence-electron chi connectivity index (χ4n) is 1.99. The van der Waals surface area contributed by atoms with E-state index in [1.54, 1.807) is 0 Å². The summed E-state index contributed by atoms with van der Waals surface area (Å²) in [4.78, 5) is 23.1. The molecule has 0 saturated carbocycles. The Morgan fingerprint density at radius 2 is 1.82 bits per heavy atom. The Kier molecular flexibility index (Phi) is 4.51. The second kappa shape index (κ2) is 5.49. The van der Waals surface area contributed by atoms with Crippen molar-refractivity contribution in [3.8, 4) is 0 Å². The van der Waals surface area contributed by atoms with E-state index in [-0.39, 0.29) is 11.8 Å². The Morgan fingerprint density at radius 1 is 1.29 bits per heavy atom. The fraction of sp³-hybridized carbons (Fsp3) is 0.833. The van der Waals surface area contributed by atoms with E-state index >= 15 is 0 Å². The van der Waals surface area contributed by atoms with Gasteiger partial charge in [0.2, 0.25) is 5.91 Å². The zero-order valence-electron chi connectivity index (χ0n) is 10.7. The lowest BCUT2D eigenvalue weighted by Crippen LogP contribution is -2.51. The molecule has 17 heavy (non-hydrogen) atoms. The molecule has 1 aliphatic heterocycles. The molecule has 0 aromatic heterocycles. The van der Waals surface area contributed by atoms with Gasteiger partial charge in [0, 0.05) is 5.92 Å². The summed E-state index contributed by atoms with van der Waals surface area (Å²) >= 11 is 0. The van der Waals surface area contributed by atoms with Crippen molar-refractivity contribution in [1.29, 1.82) is 0 Å². The van der Waals surface area contributed by atoms with Crippen molar-refractivity contribution in [1.82, 2.24) is 10.6 Å². The van der Waals surface area contributed by atoms with Crippen molar-refractivity contribution in [2.45, 2.75) is 39.7 Å². The summed E-state index contributed by atoms with van der Waals surface area (Å²) in [5.41, 5.74) is -0.478. The van der Waals surface area contributed by atoms with Crippen LogP contribution in [0.2, 0.25) is 0 Å². The van der Waals surface area contributed by atoms with Crippen LogP contribution in [0.25, 0.3) is 0 Å². The lowest BCUT2D eigenvalue weighted by molar-refractivity contribution is -0.145. The summed E-state index contributed by atoms with van der Waals surface area (Å²) in [7, 11) is 0. The number of carbonyl (C=O) groups is 2. The average Bonchev–Trinajstić information content (AvgIpc) is 2.24. The zero-order chi connectivity index (χ0) is 13.1. The molecule has 0 aromatic carbocycles. The van der Waals surface area contributed by atoms with Crippen LogP contribution in [0.15, 0.2) is 0 Å². The van der Waals surface area contributed by atoms with Gasteiger partial charge in [0.05, 0.1) is 0 Å². The van der Waals surface area contributed by atoms with Crippen LogP contribution in [0.1, 0.15) is 33.6 Å². The van der Waals surface area contributed by atoms with Gasteiger partial charge in [0.15, 0.2) is 0 Å². The van der Waals surface area contributed by atoms with Gasteiger partial charge in [-0.15, -0.1) is 0 Å². The molecule has 0 radical (unpaired) electrons. The number of aliphatic carboxylic acids is 1. The van der Waals surface area contributed by atoms with E-state index in [2.05, 4.69) is 10.6 Å². The number of carbonyl (C=O) groups excluding carboxylic acids is 1. The normalized spacial score (nSPS) is 19.7. The molecule has 0 bridgehead atoms. The number of hydrogen-bond acceptors (Lipinski definition) is 3. The number of carboxylic acid groups (broad SMARTS) is 1. The molecule has 1 aliphatic rings. The molecule has 0 unspecified atom stereocenters. The predicted octanol–water partition coefficient (Wildman–Crippen LogP) is 0.601. The first-order chi connectivity index (χ1) is 7.82. The predicted molar refractivity (Wildman–Crippen MR) is 64.6 cm³/mol. The molecule has 1 saturated heterocycles. The van der Waals surface area contributed by atoms with Gasteiger partial charge < -0.3 is 15.7 Å². The number of hydrogen-bond donors (Lipinski definition) is 3. The van der Waals surface area contributed by atoms with E-state index in [9.17, 15) is 9.59 Å². The standard InChI is InChI=1S/C12H22N2O3/c1-12(2,3)9(11(16)17)14-10(15)8-4-6-13-7-5-8/h8-9,13H,4-7H2,1-3H3,(H,14,15)(H,16,17)/t9-/m1/s1. The lowest BCUT2D eigenvalue weighted by atomic mass is 9.86. The molecular weight excluding hydrogens is 220 g/mol. The van der Waals surface area contributed by atoms with Gasteiger partial charge in [0.1, 0.15) is 6.04 Å². The highest BCUT2D eigenvalue weighted by Gasteiger charge is 2.34. The minimum absolute atomic E-state index is 0.0551. The van der Waals surface area contributed by atoms with Gasteiger partial charge in [-0.1, -0.05) is 20.8 Å². The first kappa shape index (κ1) is 14.0. The molecule has 5 nitrogen and oxygen atoms in total. The van der Waals surface area contributed by atoms with Gasteiger partial charge in [0.25, 0.3) is 0 Å². The highest BCUT2D eigenvalue weighted by atomic mass is 16.4. The van der Waals surface area contributed by atoms with Crippen LogP contribution in [-0.2, 0) is 9.59 Å². The van der Waals surface area contributed by atoms with Gasteiger partial charge in [-0.05, 0) is 31.3 Å². The van der Waals surface area contributed by atoms with Crippen molar-refractivity contribution in [3.63, 3.8) is 0 Å². The fourth-order valence-corrected chi connectivity index (χ4v) is 1.99. The topological polar surface area (TPSA) is 78.4 Å². The third kappa shape index (κ3) is 4.00. The van der Waals surface area contributed by atoms with Crippen LogP contribution in [0.5, 0.6) is 0 Å². The summed E-state index contributed by atoms with van der Waals surface area (Å²) < 4.78 is 0. The summed E-state index contributed by atoms with van der Waals surface area (Å²) in [5.74, 6) is -1.16. The largest absolute Gasteiger partial charge is 0.480 e. The van der Waals surface area contributed by atoms with Crippen molar-refractivity contribution < 1.29 is 14.7 Å². The molecule has 1 amide bonds. The second-order valence-corrected chi connectivity index (χ2v) is 5.67. The Labute approximate surface area is 102 Å².